The van der Waals surface area contributed by atoms with Crippen LogP contribution in [0.3, 0.4) is 0 Å². The summed E-state index contributed by atoms with van der Waals surface area (Å²) in [4.78, 5) is 5.13. The largest absolute Gasteiger partial charge is 0.356 e. The predicted molar refractivity (Wildman–Crippen MR) is 163 cm³/mol. The average molecular weight is 505 g/mol. The van der Waals surface area contributed by atoms with Crippen LogP contribution in [-0.4, -0.2) is 29.1 Å². The van der Waals surface area contributed by atoms with E-state index < -0.39 is 0 Å². The van der Waals surface area contributed by atoms with Gasteiger partial charge in [0.1, 0.15) is 0 Å². The highest BCUT2D eigenvalue weighted by atomic mass is 15.4. The molecule has 1 rings (SSSR count). The Kier molecular flexibility index (Phi) is 24.1. The molecule has 1 unspecified atom stereocenters. The van der Waals surface area contributed by atoms with E-state index in [0.29, 0.717) is 6.17 Å². The van der Waals surface area contributed by atoms with Crippen LogP contribution < -0.4 is 0 Å². The van der Waals surface area contributed by atoms with E-state index in [9.17, 15) is 0 Å². The molecule has 1 aliphatic rings. The monoisotopic (exact) mass is 505 g/mol. The van der Waals surface area contributed by atoms with E-state index in [2.05, 4.69) is 43.0 Å². The molecule has 214 valence electrons. The Morgan fingerprint density at radius 3 is 0.833 bits per heavy atom. The van der Waals surface area contributed by atoms with Gasteiger partial charge in [-0.05, 0) is 19.8 Å². The molecular weight excluding hydrogens is 436 g/mol. The first kappa shape index (κ1) is 33.4. The van der Waals surface area contributed by atoms with Gasteiger partial charge >= 0.3 is 0 Å². The Balaban J connectivity index is 1.81. The molecule has 1 heterocycles. The smallest absolute Gasteiger partial charge is 0.0977 e. The topological polar surface area (TPSA) is 6.48 Å². The van der Waals surface area contributed by atoms with Crippen LogP contribution in [-0.2, 0) is 0 Å². The van der Waals surface area contributed by atoms with Crippen molar-refractivity contribution in [3.8, 4) is 0 Å². The van der Waals surface area contributed by atoms with Crippen LogP contribution >= 0.6 is 0 Å². The molecule has 0 aromatic heterocycles. The summed E-state index contributed by atoms with van der Waals surface area (Å²) in [5, 5.41) is 0. The van der Waals surface area contributed by atoms with Gasteiger partial charge in [-0.15, -0.1) is 0 Å². The van der Waals surface area contributed by atoms with E-state index in [1.165, 1.54) is 180 Å². The third-order valence-corrected chi connectivity index (χ3v) is 8.45. The van der Waals surface area contributed by atoms with E-state index in [1.54, 1.807) is 0 Å². The summed E-state index contributed by atoms with van der Waals surface area (Å²) in [6.07, 6.45) is 42.7. The normalized spacial score (nSPS) is 15.5. The summed E-state index contributed by atoms with van der Waals surface area (Å²) in [6.45, 7) is 9.48. The van der Waals surface area contributed by atoms with Crippen molar-refractivity contribution in [3.63, 3.8) is 0 Å². The second kappa shape index (κ2) is 26.0. The Hall–Kier alpha value is -0.660. The lowest BCUT2D eigenvalue weighted by molar-refractivity contribution is 0.165. The molecule has 2 heteroatoms. The molecule has 0 saturated carbocycles. The minimum atomic E-state index is 0.570. The van der Waals surface area contributed by atoms with Crippen LogP contribution in [0, 0.1) is 0 Å². The zero-order valence-corrected chi connectivity index (χ0v) is 25.4. The second-order valence-electron chi connectivity index (χ2n) is 11.9. The SMILES string of the molecule is CCCCCCCCCCCCCCCCCCCN1C=CN(CCCCCCCCCCC)C1C. The summed E-state index contributed by atoms with van der Waals surface area (Å²) in [6, 6.07) is 0. The minimum absolute atomic E-state index is 0.570. The van der Waals surface area contributed by atoms with Gasteiger partial charge in [0, 0.05) is 25.5 Å². The fourth-order valence-corrected chi connectivity index (χ4v) is 5.76. The second-order valence-corrected chi connectivity index (χ2v) is 11.9. The summed E-state index contributed by atoms with van der Waals surface area (Å²) < 4.78 is 0. The van der Waals surface area contributed by atoms with Gasteiger partial charge in [0.15, 0.2) is 0 Å². The highest BCUT2D eigenvalue weighted by molar-refractivity contribution is 4.95. The van der Waals surface area contributed by atoms with Crippen LogP contribution in [0.2, 0.25) is 0 Å². The Morgan fingerprint density at radius 1 is 0.361 bits per heavy atom. The van der Waals surface area contributed by atoms with Gasteiger partial charge in [-0.25, -0.2) is 0 Å². The quantitative estimate of drug-likeness (QED) is 0.0977. The number of hydrogen-bond donors (Lipinski definition) is 0. The van der Waals surface area contributed by atoms with Crippen molar-refractivity contribution in [1.82, 2.24) is 9.80 Å². The molecule has 0 aliphatic carbocycles. The van der Waals surface area contributed by atoms with Gasteiger partial charge < -0.3 is 9.80 Å². The van der Waals surface area contributed by atoms with Gasteiger partial charge in [0.05, 0.1) is 6.17 Å². The van der Waals surface area contributed by atoms with Crippen molar-refractivity contribution in [3.05, 3.63) is 12.4 Å². The third kappa shape index (κ3) is 19.5. The number of hydrogen-bond acceptors (Lipinski definition) is 2. The number of rotatable bonds is 28. The fourth-order valence-electron chi connectivity index (χ4n) is 5.76. The van der Waals surface area contributed by atoms with Crippen LogP contribution in [0.5, 0.6) is 0 Å². The molecule has 0 N–H and O–H groups in total. The molecule has 0 aromatic carbocycles. The Bertz CT molecular complexity index is 460. The lowest BCUT2D eigenvalue weighted by Gasteiger charge is -2.30. The first-order valence-corrected chi connectivity index (χ1v) is 17.0. The summed E-state index contributed by atoms with van der Waals surface area (Å²) in [5.74, 6) is 0. The molecule has 2 nitrogen and oxygen atoms in total. The molecule has 36 heavy (non-hydrogen) atoms. The zero-order chi connectivity index (χ0) is 25.9. The van der Waals surface area contributed by atoms with Crippen LogP contribution in [0.25, 0.3) is 0 Å². The molecule has 0 radical (unpaired) electrons. The third-order valence-electron chi connectivity index (χ3n) is 8.45. The maximum Gasteiger partial charge on any atom is 0.0977 e. The van der Waals surface area contributed by atoms with E-state index >= 15 is 0 Å². The molecule has 0 bridgehead atoms. The van der Waals surface area contributed by atoms with Crippen molar-refractivity contribution >= 4 is 0 Å². The van der Waals surface area contributed by atoms with Crippen LogP contribution in [0.15, 0.2) is 12.4 Å². The first-order chi connectivity index (χ1) is 17.8. The van der Waals surface area contributed by atoms with Gasteiger partial charge in [-0.3, -0.25) is 0 Å². The maximum atomic E-state index is 2.57. The van der Waals surface area contributed by atoms with E-state index in [-0.39, 0.29) is 0 Å². The lowest BCUT2D eigenvalue weighted by atomic mass is 10.0. The van der Waals surface area contributed by atoms with Crippen molar-refractivity contribution in [1.29, 1.82) is 0 Å². The van der Waals surface area contributed by atoms with E-state index in [1.807, 2.05) is 0 Å². The number of nitrogens with zero attached hydrogens (tertiary/aromatic N) is 2. The Morgan fingerprint density at radius 2 is 0.583 bits per heavy atom. The van der Waals surface area contributed by atoms with E-state index in [4.69, 9.17) is 0 Å². The molecule has 1 aliphatic heterocycles. The molecule has 1 atom stereocenters. The average Bonchev–Trinajstić information content (AvgIpc) is 3.23. The Labute approximate surface area is 229 Å². The van der Waals surface area contributed by atoms with Crippen molar-refractivity contribution in [2.24, 2.45) is 0 Å². The van der Waals surface area contributed by atoms with Gasteiger partial charge in [-0.2, -0.15) is 0 Å². The highest BCUT2D eigenvalue weighted by Crippen LogP contribution is 2.19. The molecule has 0 amide bonds. The molecular formula is C34H68N2. The summed E-state index contributed by atoms with van der Waals surface area (Å²) in [7, 11) is 0. The predicted octanol–water partition coefficient (Wildman–Crippen LogP) is 11.6. The lowest BCUT2D eigenvalue weighted by Crippen LogP contribution is -2.36. The first-order valence-electron chi connectivity index (χ1n) is 17.0. The molecule has 0 aromatic rings. The van der Waals surface area contributed by atoms with Gasteiger partial charge in [-0.1, -0.05) is 168 Å². The van der Waals surface area contributed by atoms with Gasteiger partial charge in [0.2, 0.25) is 0 Å². The van der Waals surface area contributed by atoms with Crippen LogP contribution in [0.4, 0.5) is 0 Å². The molecule has 0 fully saturated rings. The fraction of sp³-hybridized carbons (Fsp3) is 0.941. The van der Waals surface area contributed by atoms with Crippen molar-refractivity contribution < 1.29 is 0 Å². The highest BCUT2D eigenvalue weighted by Gasteiger charge is 2.20. The molecule has 0 spiro atoms. The summed E-state index contributed by atoms with van der Waals surface area (Å²) >= 11 is 0. The zero-order valence-electron chi connectivity index (χ0n) is 25.4. The minimum Gasteiger partial charge on any atom is -0.356 e. The van der Waals surface area contributed by atoms with Gasteiger partial charge in [0.25, 0.3) is 0 Å². The maximum absolute atomic E-state index is 2.57. The number of unbranched alkanes of at least 4 members (excludes halogenated alkanes) is 24. The van der Waals surface area contributed by atoms with Crippen molar-refractivity contribution in [2.75, 3.05) is 13.1 Å². The standard InChI is InChI=1S/C34H68N2/c1-4-6-8-10-12-14-15-16-17-18-19-20-21-23-25-27-29-31-36-33-32-35(34(36)3)30-28-26-24-22-13-11-9-7-5-2/h32-34H,4-31H2,1-3H3. The summed E-state index contributed by atoms with van der Waals surface area (Å²) in [5.41, 5.74) is 0. The van der Waals surface area contributed by atoms with Crippen LogP contribution in [0.1, 0.15) is 188 Å². The van der Waals surface area contributed by atoms with Crippen molar-refractivity contribution in [2.45, 2.75) is 194 Å². The van der Waals surface area contributed by atoms with E-state index in [0.717, 1.165) is 0 Å². The molecule has 0 saturated heterocycles.